The van der Waals surface area contributed by atoms with E-state index in [1.165, 1.54) is 6.33 Å². The van der Waals surface area contributed by atoms with Crippen LogP contribution in [0.2, 0.25) is 0 Å². The van der Waals surface area contributed by atoms with Gasteiger partial charge in [-0.05, 0) is 56.0 Å². The first-order valence-electron chi connectivity index (χ1n) is 15.2. The summed E-state index contributed by atoms with van der Waals surface area (Å²) in [7, 11) is 0. The van der Waals surface area contributed by atoms with Crippen molar-refractivity contribution in [3.63, 3.8) is 0 Å². The van der Waals surface area contributed by atoms with Crippen LogP contribution in [-0.4, -0.2) is 50.4 Å². The van der Waals surface area contributed by atoms with Crippen molar-refractivity contribution in [1.82, 2.24) is 30.4 Å². The molecule has 3 aromatic heterocycles. The van der Waals surface area contributed by atoms with Crippen molar-refractivity contribution in [2.45, 2.75) is 65.2 Å². The Labute approximate surface area is 262 Å². The van der Waals surface area contributed by atoms with Gasteiger partial charge in [0, 0.05) is 36.1 Å². The number of aromatic nitrogens is 5. The largest absolute Gasteiger partial charge is 0.459 e. The number of nitrogens with one attached hydrogen (secondary N) is 2. The van der Waals surface area contributed by atoms with Gasteiger partial charge >= 0.3 is 11.8 Å². The molecule has 5 heterocycles. The molecule has 0 spiro atoms. The third-order valence-corrected chi connectivity index (χ3v) is 8.11. The Morgan fingerprint density at radius 2 is 1.78 bits per heavy atom. The molecule has 2 aliphatic rings. The van der Waals surface area contributed by atoms with Crippen LogP contribution in [0.4, 0.5) is 17.3 Å². The van der Waals surface area contributed by atoms with Crippen molar-refractivity contribution in [2.24, 2.45) is 5.92 Å². The highest BCUT2D eigenvalue weighted by Gasteiger charge is 2.30. The number of pyridine rings is 1. The fraction of sp³-hybridized carbons (Fsp3) is 0.394. The van der Waals surface area contributed by atoms with Gasteiger partial charge in [0.15, 0.2) is 5.82 Å². The fourth-order valence-corrected chi connectivity index (χ4v) is 5.54. The normalized spacial score (nSPS) is 16.2. The maximum absolute atomic E-state index is 12.8. The number of carbonyl (C=O) groups is 1. The molecule has 12 heteroatoms. The smallest absolute Gasteiger partial charge is 0.315 e. The monoisotopic (exact) mass is 610 g/mol. The van der Waals surface area contributed by atoms with Crippen molar-refractivity contribution in [3.05, 3.63) is 84.3 Å². The molecular weight excluding hydrogens is 572 g/mol. The molecule has 0 unspecified atom stereocenters. The number of ether oxygens (including phenoxy) is 2. The number of aryl methyl sites for hydroxylation is 1. The molecule has 0 aliphatic carbocycles. The highest BCUT2D eigenvalue weighted by atomic mass is 16.7. The van der Waals surface area contributed by atoms with Crippen LogP contribution in [0.1, 0.15) is 74.2 Å². The standard InChI is InChI=1S/C33H38N8O4/c1-20-16-23(6-8-25(20)21(2)37-29(42)30-39-32(40-45-30)33(3,4)5)26-17-28(36-19-35-26)38-27-9-7-24(18-34-27)41-12-10-22(11-13-41)31-43-14-15-44-31/h6-9,14-19,21-22,31H,10-13H2,1-5H3,(H,37,42)(H,34,35,36,38)/t21-/m1/s1. The van der Waals surface area contributed by atoms with Gasteiger partial charge in [-0.2, -0.15) is 4.98 Å². The number of hydrogen-bond donors (Lipinski definition) is 2. The molecule has 234 valence electrons. The maximum atomic E-state index is 12.8. The molecule has 45 heavy (non-hydrogen) atoms. The van der Waals surface area contributed by atoms with Crippen LogP contribution in [0.25, 0.3) is 11.3 Å². The van der Waals surface area contributed by atoms with E-state index in [2.05, 4.69) is 46.7 Å². The molecule has 2 aliphatic heterocycles. The van der Waals surface area contributed by atoms with Crippen molar-refractivity contribution in [1.29, 1.82) is 0 Å². The highest BCUT2D eigenvalue weighted by molar-refractivity contribution is 5.89. The summed E-state index contributed by atoms with van der Waals surface area (Å²) < 4.78 is 16.2. The van der Waals surface area contributed by atoms with E-state index in [1.807, 2.05) is 71.1 Å². The van der Waals surface area contributed by atoms with E-state index in [0.29, 0.717) is 23.4 Å². The summed E-state index contributed by atoms with van der Waals surface area (Å²) in [4.78, 5) is 32.9. The van der Waals surface area contributed by atoms with Crippen molar-refractivity contribution in [2.75, 3.05) is 23.3 Å². The lowest BCUT2D eigenvalue weighted by Gasteiger charge is -2.34. The first kappa shape index (κ1) is 30.0. The summed E-state index contributed by atoms with van der Waals surface area (Å²) in [5.74, 6) is 1.77. The van der Waals surface area contributed by atoms with Crippen LogP contribution in [-0.2, 0) is 14.9 Å². The number of amides is 1. The first-order chi connectivity index (χ1) is 21.6. The van der Waals surface area contributed by atoms with Crippen LogP contribution >= 0.6 is 0 Å². The quantitative estimate of drug-likeness (QED) is 0.249. The summed E-state index contributed by atoms with van der Waals surface area (Å²) in [6.45, 7) is 11.7. The molecule has 1 amide bonds. The van der Waals surface area contributed by atoms with Crippen LogP contribution < -0.4 is 15.5 Å². The SMILES string of the molecule is Cc1cc(-c2cc(Nc3ccc(N4CCC(C5OC=CO5)CC4)cn3)ncn2)ccc1[C@@H](C)NC(=O)c1nc(C(C)(C)C)no1. The lowest BCUT2D eigenvalue weighted by molar-refractivity contribution is -0.0728. The summed E-state index contributed by atoms with van der Waals surface area (Å²) in [5, 5.41) is 10.2. The third-order valence-electron chi connectivity index (χ3n) is 8.11. The average molecular weight is 611 g/mol. The van der Waals surface area contributed by atoms with Crippen LogP contribution in [0.15, 0.2) is 66.0 Å². The van der Waals surface area contributed by atoms with Gasteiger partial charge in [0.25, 0.3) is 0 Å². The maximum Gasteiger partial charge on any atom is 0.315 e. The van der Waals surface area contributed by atoms with E-state index >= 15 is 0 Å². The minimum Gasteiger partial charge on any atom is -0.459 e. The molecule has 1 aromatic carbocycles. The summed E-state index contributed by atoms with van der Waals surface area (Å²) in [6.07, 6.45) is 8.52. The van der Waals surface area contributed by atoms with Crippen LogP contribution in [0, 0.1) is 12.8 Å². The van der Waals surface area contributed by atoms with E-state index < -0.39 is 5.91 Å². The van der Waals surface area contributed by atoms with Gasteiger partial charge in [0.05, 0.1) is 23.6 Å². The first-order valence-corrected chi connectivity index (χ1v) is 15.2. The van der Waals surface area contributed by atoms with E-state index in [0.717, 1.165) is 54.0 Å². The van der Waals surface area contributed by atoms with E-state index in [4.69, 9.17) is 14.0 Å². The van der Waals surface area contributed by atoms with Crippen molar-refractivity contribution in [3.8, 4) is 11.3 Å². The van der Waals surface area contributed by atoms with Gasteiger partial charge in [-0.1, -0.05) is 38.1 Å². The third kappa shape index (κ3) is 6.89. The highest BCUT2D eigenvalue weighted by Crippen LogP contribution is 2.30. The topological polar surface area (TPSA) is 140 Å². The summed E-state index contributed by atoms with van der Waals surface area (Å²) in [6, 6.07) is 11.7. The van der Waals surface area contributed by atoms with Crippen molar-refractivity contribution < 1.29 is 18.8 Å². The second kappa shape index (κ2) is 12.5. The molecule has 0 bridgehead atoms. The minimum absolute atomic E-state index is 0.0468. The Morgan fingerprint density at radius 1 is 1.00 bits per heavy atom. The average Bonchev–Trinajstić information content (AvgIpc) is 3.75. The molecule has 2 N–H and O–H groups in total. The molecule has 0 saturated carbocycles. The predicted molar refractivity (Wildman–Crippen MR) is 169 cm³/mol. The number of piperidine rings is 1. The van der Waals surface area contributed by atoms with E-state index in [1.54, 1.807) is 12.5 Å². The molecular formula is C33H38N8O4. The molecule has 12 nitrogen and oxygen atoms in total. The molecule has 1 atom stereocenters. The van der Waals surface area contributed by atoms with Crippen LogP contribution in [0.3, 0.4) is 0 Å². The number of rotatable bonds is 8. The molecule has 0 radical (unpaired) electrons. The zero-order valence-corrected chi connectivity index (χ0v) is 26.2. The van der Waals surface area contributed by atoms with Gasteiger partial charge < -0.3 is 29.5 Å². The molecule has 1 fully saturated rings. The van der Waals surface area contributed by atoms with Gasteiger partial charge in [0.2, 0.25) is 6.29 Å². The number of hydrogen-bond acceptors (Lipinski definition) is 11. The van der Waals surface area contributed by atoms with Gasteiger partial charge in [0.1, 0.15) is 30.5 Å². The summed E-state index contributed by atoms with van der Waals surface area (Å²) >= 11 is 0. The second-order valence-corrected chi connectivity index (χ2v) is 12.5. The van der Waals surface area contributed by atoms with Crippen LogP contribution in [0.5, 0.6) is 0 Å². The molecule has 6 rings (SSSR count). The Morgan fingerprint density at radius 3 is 2.44 bits per heavy atom. The Hall–Kier alpha value is -5.00. The number of nitrogens with zero attached hydrogens (tertiary/aromatic N) is 6. The zero-order valence-electron chi connectivity index (χ0n) is 26.2. The minimum atomic E-state index is -0.408. The van der Waals surface area contributed by atoms with E-state index in [-0.39, 0.29) is 23.6 Å². The lowest BCUT2D eigenvalue weighted by atomic mass is 9.96. The van der Waals surface area contributed by atoms with Gasteiger partial charge in [-0.3, -0.25) is 4.79 Å². The fourth-order valence-electron chi connectivity index (χ4n) is 5.54. The zero-order chi connectivity index (χ0) is 31.6. The molecule has 4 aromatic rings. The van der Waals surface area contributed by atoms with Crippen molar-refractivity contribution >= 4 is 23.2 Å². The number of benzene rings is 1. The van der Waals surface area contributed by atoms with E-state index in [9.17, 15) is 4.79 Å². The summed E-state index contributed by atoms with van der Waals surface area (Å²) in [5.41, 5.74) is 4.46. The van der Waals surface area contributed by atoms with Gasteiger partial charge in [-0.15, -0.1) is 0 Å². The lowest BCUT2D eigenvalue weighted by Crippen LogP contribution is -2.38. The Kier molecular flexibility index (Phi) is 8.38. The predicted octanol–water partition coefficient (Wildman–Crippen LogP) is 5.82. The Balaban J connectivity index is 1.06. The number of carbonyl (C=O) groups excluding carboxylic acids is 1. The van der Waals surface area contributed by atoms with Gasteiger partial charge in [-0.25, -0.2) is 15.0 Å². The molecule has 1 saturated heterocycles. The Bertz CT molecular complexity index is 1660. The number of anilines is 3. The second-order valence-electron chi connectivity index (χ2n) is 12.5.